The molecule has 0 radical (unpaired) electrons. The van der Waals surface area contributed by atoms with Crippen LogP contribution in [0, 0.1) is 5.41 Å². The SMILES string of the molecule is CC(=O)C(C)(C(=O)N(C)C)C(F)(F)F. The Morgan fingerprint density at radius 1 is 1.14 bits per heavy atom. The number of ketones is 1. The van der Waals surface area contributed by atoms with E-state index in [9.17, 15) is 22.8 Å². The first-order valence-corrected chi connectivity index (χ1v) is 3.84. The molecule has 1 unspecified atom stereocenters. The van der Waals surface area contributed by atoms with Gasteiger partial charge in [-0.25, -0.2) is 0 Å². The molecule has 0 saturated heterocycles. The molecule has 0 bridgehead atoms. The van der Waals surface area contributed by atoms with Gasteiger partial charge in [0.05, 0.1) is 0 Å². The summed E-state index contributed by atoms with van der Waals surface area (Å²) < 4.78 is 37.5. The second kappa shape index (κ2) is 3.59. The number of rotatable bonds is 2. The molecule has 0 spiro atoms. The Labute approximate surface area is 79.9 Å². The van der Waals surface area contributed by atoms with E-state index in [0.29, 0.717) is 6.92 Å². The molecular weight excluding hydrogens is 199 g/mol. The van der Waals surface area contributed by atoms with Crippen LogP contribution < -0.4 is 0 Å². The lowest BCUT2D eigenvalue weighted by molar-refractivity contribution is -0.217. The number of Topliss-reactive ketones (excluding diaryl/α,β-unsaturated/α-hetero) is 1. The second-order valence-electron chi connectivity index (χ2n) is 3.38. The summed E-state index contributed by atoms with van der Waals surface area (Å²) in [7, 11) is 2.35. The van der Waals surface area contributed by atoms with Crippen LogP contribution in [0.5, 0.6) is 0 Å². The van der Waals surface area contributed by atoms with Crippen molar-refractivity contribution >= 4 is 11.7 Å². The summed E-state index contributed by atoms with van der Waals surface area (Å²) >= 11 is 0. The van der Waals surface area contributed by atoms with E-state index in [1.165, 1.54) is 14.1 Å². The smallest absolute Gasteiger partial charge is 0.348 e. The van der Waals surface area contributed by atoms with Crippen molar-refractivity contribution in [2.24, 2.45) is 5.41 Å². The molecule has 0 heterocycles. The normalized spacial score (nSPS) is 15.9. The van der Waals surface area contributed by atoms with Gasteiger partial charge in [0.2, 0.25) is 5.91 Å². The van der Waals surface area contributed by atoms with Crippen LogP contribution in [-0.2, 0) is 9.59 Å². The molecule has 0 aromatic heterocycles. The molecule has 3 nitrogen and oxygen atoms in total. The van der Waals surface area contributed by atoms with Crippen molar-refractivity contribution in [1.82, 2.24) is 4.90 Å². The molecule has 0 aromatic rings. The maximum Gasteiger partial charge on any atom is 0.409 e. The Morgan fingerprint density at radius 2 is 1.50 bits per heavy atom. The van der Waals surface area contributed by atoms with Gasteiger partial charge in [-0.15, -0.1) is 0 Å². The first-order chi connectivity index (χ1) is 6.05. The standard InChI is InChI=1S/C8H12F3NO2/c1-5(13)7(2,8(9,10)11)6(14)12(3)4/h1-4H3. The van der Waals surface area contributed by atoms with Gasteiger partial charge < -0.3 is 4.90 Å². The average Bonchev–Trinajstić information content (AvgIpc) is 1.98. The van der Waals surface area contributed by atoms with E-state index >= 15 is 0 Å². The van der Waals surface area contributed by atoms with Crippen LogP contribution in [-0.4, -0.2) is 36.9 Å². The van der Waals surface area contributed by atoms with Gasteiger partial charge in [0.15, 0.2) is 11.2 Å². The van der Waals surface area contributed by atoms with E-state index in [2.05, 4.69) is 0 Å². The molecule has 0 fully saturated rings. The Morgan fingerprint density at radius 3 is 1.57 bits per heavy atom. The highest BCUT2D eigenvalue weighted by atomic mass is 19.4. The minimum atomic E-state index is -4.86. The molecule has 14 heavy (non-hydrogen) atoms. The molecule has 6 heteroatoms. The van der Waals surface area contributed by atoms with Gasteiger partial charge in [-0.3, -0.25) is 9.59 Å². The predicted molar refractivity (Wildman–Crippen MR) is 43.5 cm³/mol. The molecule has 0 rings (SSSR count). The molecule has 0 aliphatic rings. The number of carbonyl (C=O) groups excluding carboxylic acids is 2. The molecule has 82 valence electrons. The third-order valence-corrected chi connectivity index (χ3v) is 2.10. The Bertz CT molecular complexity index is 260. The van der Waals surface area contributed by atoms with Gasteiger partial charge in [-0.1, -0.05) is 0 Å². The zero-order valence-electron chi connectivity index (χ0n) is 8.40. The van der Waals surface area contributed by atoms with E-state index < -0.39 is 23.3 Å². The molecule has 0 saturated carbocycles. The summed E-state index contributed by atoms with van der Waals surface area (Å²) in [6, 6.07) is 0. The number of amides is 1. The quantitative estimate of drug-likeness (QED) is 0.644. The highest BCUT2D eigenvalue weighted by Gasteiger charge is 2.60. The van der Waals surface area contributed by atoms with Crippen molar-refractivity contribution in [2.75, 3.05) is 14.1 Å². The van der Waals surface area contributed by atoms with Crippen molar-refractivity contribution in [3.63, 3.8) is 0 Å². The van der Waals surface area contributed by atoms with E-state index in [0.717, 1.165) is 11.8 Å². The van der Waals surface area contributed by atoms with Crippen LogP contribution in [0.4, 0.5) is 13.2 Å². The number of halogens is 3. The number of hydrogen-bond donors (Lipinski definition) is 0. The van der Waals surface area contributed by atoms with Gasteiger partial charge in [-0.05, 0) is 13.8 Å². The van der Waals surface area contributed by atoms with Crippen molar-refractivity contribution in [3.8, 4) is 0 Å². The maximum absolute atomic E-state index is 12.5. The summed E-state index contributed by atoms with van der Waals surface area (Å²) in [4.78, 5) is 22.9. The first kappa shape index (κ1) is 12.9. The highest BCUT2D eigenvalue weighted by Crippen LogP contribution is 2.39. The van der Waals surface area contributed by atoms with E-state index in [-0.39, 0.29) is 0 Å². The van der Waals surface area contributed by atoms with Gasteiger partial charge in [-0.2, -0.15) is 13.2 Å². The minimum absolute atomic E-state index is 0.595. The van der Waals surface area contributed by atoms with Crippen molar-refractivity contribution in [1.29, 1.82) is 0 Å². The van der Waals surface area contributed by atoms with Crippen molar-refractivity contribution < 1.29 is 22.8 Å². The Kier molecular flexibility index (Phi) is 3.31. The lowest BCUT2D eigenvalue weighted by Crippen LogP contribution is -2.52. The fourth-order valence-corrected chi connectivity index (χ4v) is 0.919. The Balaban J connectivity index is 5.34. The zero-order chi connectivity index (χ0) is 11.7. The van der Waals surface area contributed by atoms with Gasteiger partial charge in [0, 0.05) is 14.1 Å². The second-order valence-corrected chi connectivity index (χ2v) is 3.38. The molecular formula is C8H12F3NO2. The van der Waals surface area contributed by atoms with Crippen LogP contribution in [0.3, 0.4) is 0 Å². The summed E-state index contributed by atoms with van der Waals surface area (Å²) in [5.74, 6) is -2.46. The van der Waals surface area contributed by atoms with E-state index in [1.54, 1.807) is 0 Å². The van der Waals surface area contributed by atoms with Gasteiger partial charge in [0.1, 0.15) is 0 Å². The minimum Gasteiger partial charge on any atom is -0.348 e. The van der Waals surface area contributed by atoms with Gasteiger partial charge in [0.25, 0.3) is 0 Å². The number of hydrogen-bond acceptors (Lipinski definition) is 2. The van der Waals surface area contributed by atoms with Crippen LogP contribution in [0.25, 0.3) is 0 Å². The molecule has 0 aliphatic carbocycles. The Hall–Kier alpha value is -1.07. The van der Waals surface area contributed by atoms with Crippen LogP contribution >= 0.6 is 0 Å². The van der Waals surface area contributed by atoms with Crippen LogP contribution in [0.15, 0.2) is 0 Å². The molecule has 1 atom stereocenters. The van der Waals surface area contributed by atoms with Crippen molar-refractivity contribution in [2.45, 2.75) is 20.0 Å². The van der Waals surface area contributed by atoms with E-state index in [4.69, 9.17) is 0 Å². The number of carbonyl (C=O) groups is 2. The third kappa shape index (κ3) is 1.88. The topological polar surface area (TPSA) is 37.4 Å². The van der Waals surface area contributed by atoms with Crippen molar-refractivity contribution in [3.05, 3.63) is 0 Å². The highest BCUT2D eigenvalue weighted by molar-refractivity contribution is 6.05. The third-order valence-electron chi connectivity index (χ3n) is 2.10. The first-order valence-electron chi connectivity index (χ1n) is 3.84. The number of nitrogens with zero attached hydrogens (tertiary/aromatic N) is 1. The zero-order valence-corrected chi connectivity index (χ0v) is 8.40. The average molecular weight is 211 g/mol. The summed E-state index contributed by atoms with van der Waals surface area (Å²) in [5.41, 5.74) is -2.93. The maximum atomic E-state index is 12.5. The molecule has 0 N–H and O–H groups in total. The molecule has 0 aromatic carbocycles. The predicted octanol–water partition coefficient (Wildman–Crippen LogP) is 1.23. The summed E-state index contributed by atoms with van der Waals surface area (Å²) in [6.45, 7) is 1.35. The summed E-state index contributed by atoms with van der Waals surface area (Å²) in [5, 5.41) is 0. The molecule has 1 amide bonds. The monoisotopic (exact) mass is 211 g/mol. The van der Waals surface area contributed by atoms with Gasteiger partial charge >= 0.3 is 6.18 Å². The lowest BCUT2D eigenvalue weighted by Gasteiger charge is -2.30. The largest absolute Gasteiger partial charge is 0.409 e. The number of alkyl halides is 3. The molecule has 0 aliphatic heterocycles. The van der Waals surface area contributed by atoms with Crippen LogP contribution in [0.1, 0.15) is 13.8 Å². The fraction of sp³-hybridized carbons (Fsp3) is 0.750. The lowest BCUT2D eigenvalue weighted by atomic mass is 9.84. The fourth-order valence-electron chi connectivity index (χ4n) is 0.919. The summed E-state index contributed by atoms with van der Waals surface area (Å²) in [6.07, 6.45) is -4.86. The van der Waals surface area contributed by atoms with Crippen LogP contribution in [0.2, 0.25) is 0 Å². The van der Waals surface area contributed by atoms with E-state index in [1.807, 2.05) is 0 Å².